The first kappa shape index (κ1) is 15.9. The van der Waals surface area contributed by atoms with E-state index in [1.807, 2.05) is 0 Å². The lowest BCUT2D eigenvalue weighted by Gasteiger charge is -2.33. The average molecular weight is 412 g/mol. The predicted molar refractivity (Wildman–Crippen MR) is 87.5 cm³/mol. The van der Waals surface area contributed by atoms with Crippen LogP contribution in [0.25, 0.3) is 0 Å². The van der Waals surface area contributed by atoms with Crippen molar-refractivity contribution in [2.75, 3.05) is 13.2 Å². The molecule has 1 aromatic rings. The number of aliphatic hydroxyl groups excluding tert-OH is 1. The van der Waals surface area contributed by atoms with Crippen LogP contribution in [0.4, 0.5) is 0 Å². The van der Waals surface area contributed by atoms with Crippen LogP contribution >= 0.6 is 43.2 Å². The number of hydrogen-bond donors (Lipinski definition) is 3. The number of aliphatic hydroxyl groups is 1. The highest BCUT2D eigenvalue weighted by Crippen LogP contribution is 2.36. The molecule has 3 unspecified atom stereocenters. The Hall–Kier alpha value is 0.540. The van der Waals surface area contributed by atoms with Gasteiger partial charge in [0.05, 0.1) is 9.83 Å². The van der Waals surface area contributed by atoms with Crippen molar-refractivity contribution in [3.63, 3.8) is 0 Å². The van der Waals surface area contributed by atoms with Gasteiger partial charge in [0.15, 0.2) is 0 Å². The third-order valence-electron chi connectivity index (χ3n) is 3.80. The van der Waals surface area contributed by atoms with Crippen LogP contribution in [0.1, 0.15) is 36.6 Å². The topological polar surface area (TPSA) is 58.3 Å². The lowest BCUT2D eigenvalue weighted by molar-refractivity contribution is 0.146. The van der Waals surface area contributed by atoms with Crippen LogP contribution in [0.15, 0.2) is 14.3 Å². The molecule has 0 aliphatic heterocycles. The van der Waals surface area contributed by atoms with E-state index < -0.39 is 0 Å². The van der Waals surface area contributed by atoms with Gasteiger partial charge in [-0.05, 0) is 56.7 Å². The van der Waals surface area contributed by atoms with Crippen LogP contribution in [-0.4, -0.2) is 24.3 Å². The Morgan fingerprint density at radius 2 is 2.16 bits per heavy atom. The number of rotatable bonds is 5. The Morgan fingerprint density at radius 1 is 1.42 bits per heavy atom. The molecule has 1 aliphatic carbocycles. The molecule has 0 aromatic carbocycles. The Balaban J connectivity index is 2.05. The van der Waals surface area contributed by atoms with Gasteiger partial charge in [0.1, 0.15) is 0 Å². The zero-order chi connectivity index (χ0) is 13.8. The smallest absolute Gasteiger partial charge is 0.0843 e. The summed E-state index contributed by atoms with van der Waals surface area (Å²) < 4.78 is 2.18. The normalized spacial score (nSPS) is 25.5. The molecule has 1 heterocycles. The number of thiophene rings is 1. The molecule has 0 spiro atoms. The van der Waals surface area contributed by atoms with Crippen molar-refractivity contribution in [1.29, 1.82) is 0 Å². The van der Waals surface area contributed by atoms with Gasteiger partial charge in [0.25, 0.3) is 0 Å². The predicted octanol–water partition coefficient (Wildman–Crippen LogP) is 3.41. The van der Waals surface area contributed by atoms with Crippen molar-refractivity contribution in [3.8, 4) is 0 Å². The first-order valence-electron chi connectivity index (χ1n) is 6.67. The maximum atomic E-state index is 9.48. The third-order valence-corrected chi connectivity index (χ3v) is 7.17. The highest BCUT2D eigenvalue weighted by Gasteiger charge is 2.27. The van der Waals surface area contributed by atoms with Crippen LogP contribution in [0.3, 0.4) is 0 Å². The Bertz CT molecular complexity index is 394. The van der Waals surface area contributed by atoms with Crippen LogP contribution in [0.2, 0.25) is 0 Å². The summed E-state index contributed by atoms with van der Waals surface area (Å²) in [6.45, 7) is 0.848. The molecule has 2 rings (SSSR count). The number of nitrogens with one attached hydrogen (secondary N) is 1. The van der Waals surface area contributed by atoms with E-state index in [-0.39, 0.29) is 12.6 Å². The highest BCUT2D eigenvalue weighted by atomic mass is 79.9. The van der Waals surface area contributed by atoms with Gasteiger partial charge in [-0.3, -0.25) is 0 Å². The standard InChI is InChI=1S/C13H20Br2N2OS/c14-9-5-12(19-13(9)15)11(6-16)17-10-4-2-1-3-8(10)7-18/h5,8,10-11,17-18H,1-4,6-7,16H2. The average Bonchev–Trinajstić information content (AvgIpc) is 2.76. The molecule has 19 heavy (non-hydrogen) atoms. The maximum absolute atomic E-state index is 9.48. The van der Waals surface area contributed by atoms with Gasteiger partial charge in [0.2, 0.25) is 0 Å². The molecule has 6 heteroatoms. The minimum Gasteiger partial charge on any atom is -0.396 e. The van der Waals surface area contributed by atoms with Crippen molar-refractivity contribution >= 4 is 43.2 Å². The molecule has 1 aromatic heterocycles. The second-order valence-electron chi connectivity index (χ2n) is 5.06. The fourth-order valence-corrected chi connectivity index (χ4v) is 4.87. The molecule has 4 N–H and O–H groups in total. The van der Waals surface area contributed by atoms with Gasteiger partial charge in [0, 0.05) is 28.5 Å². The largest absolute Gasteiger partial charge is 0.396 e. The molecule has 0 amide bonds. The van der Waals surface area contributed by atoms with E-state index >= 15 is 0 Å². The second-order valence-corrected chi connectivity index (χ2v) is 8.31. The number of hydrogen-bond acceptors (Lipinski definition) is 4. The molecule has 0 saturated heterocycles. The summed E-state index contributed by atoms with van der Waals surface area (Å²) >= 11 is 8.76. The van der Waals surface area contributed by atoms with Gasteiger partial charge >= 0.3 is 0 Å². The van der Waals surface area contributed by atoms with Crippen LogP contribution in [-0.2, 0) is 0 Å². The number of nitrogens with two attached hydrogens (primary N) is 1. The third kappa shape index (κ3) is 4.02. The quantitative estimate of drug-likeness (QED) is 0.695. The molecule has 108 valence electrons. The molecule has 1 fully saturated rings. The summed E-state index contributed by atoms with van der Waals surface area (Å²) in [5.41, 5.74) is 5.92. The van der Waals surface area contributed by atoms with E-state index in [9.17, 15) is 5.11 Å². The highest BCUT2D eigenvalue weighted by molar-refractivity contribution is 9.13. The van der Waals surface area contributed by atoms with Crippen molar-refractivity contribution in [2.45, 2.75) is 37.8 Å². The van der Waals surface area contributed by atoms with Crippen molar-refractivity contribution < 1.29 is 5.11 Å². The SMILES string of the molecule is NCC(NC1CCCCC1CO)c1cc(Br)c(Br)s1. The van der Waals surface area contributed by atoms with Gasteiger partial charge in [-0.25, -0.2) is 0 Å². The van der Waals surface area contributed by atoms with Crippen LogP contribution in [0.5, 0.6) is 0 Å². The molecule has 3 nitrogen and oxygen atoms in total. The fraction of sp³-hybridized carbons (Fsp3) is 0.692. The van der Waals surface area contributed by atoms with E-state index in [1.54, 1.807) is 11.3 Å². The van der Waals surface area contributed by atoms with Gasteiger partial charge in [-0.1, -0.05) is 12.8 Å². The second kappa shape index (κ2) is 7.52. The lowest BCUT2D eigenvalue weighted by atomic mass is 9.84. The van der Waals surface area contributed by atoms with Crippen LogP contribution in [0, 0.1) is 5.92 Å². The lowest BCUT2D eigenvalue weighted by Crippen LogP contribution is -2.43. The summed E-state index contributed by atoms with van der Waals surface area (Å²) in [5.74, 6) is 0.370. The fourth-order valence-electron chi connectivity index (χ4n) is 2.71. The Morgan fingerprint density at radius 3 is 2.74 bits per heavy atom. The number of halogens is 2. The monoisotopic (exact) mass is 410 g/mol. The summed E-state index contributed by atoms with van der Waals surface area (Å²) in [6.07, 6.45) is 4.72. The minimum atomic E-state index is 0.171. The molecule has 0 radical (unpaired) electrons. The summed E-state index contributed by atoms with van der Waals surface area (Å²) in [5, 5.41) is 13.1. The molecular weight excluding hydrogens is 392 g/mol. The van der Waals surface area contributed by atoms with Crippen molar-refractivity contribution in [2.24, 2.45) is 11.7 Å². The van der Waals surface area contributed by atoms with E-state index in [1.165, 1.54) is 17.7 Å². The molecule has 1 saturated carbocycles. The van der Waals surface area contributed by atoms with Gasteiger partial charge in [-0.15, -0.1) is 11.3 Å². The first-order valence-corrected chi connectivity index (χ1v) is 9.07. The van der Waals surface area contributed by atoms with Crippen molar-refractivity contribution in [1.82, 2.24) is 5.32 Å². The molecule has 0 bridgehead atoms. The molecular formula is C13H20Br2N2OS. The maximum Gasteiger partial charge on any atom is 0.0843 e. The Kier molecular flexibility index (Phi) is 6.30. The molecule has 1 aliphatic rings. The molecule has 3 atom stereocenters. The zero-order valence-electron chi connectivity index (χ0n) is 10.7. The van der Waals surface area contributed by atoms with E-state index in [4.69, 9.17) is 5.73 Å². The van der Waals surface area contributed by atoms with Gasteiger partial charge < -0.3 is 16.2 Å². The van der Waals surface area contributed by atoms with E-state index in [0.29, 0.717) is 18.5 Å². The minimum absolute atomic E-state index is 0.171. The Labute approximate surface area is 135 Å². The van der Waals surface area contributed by atoms with E-state index in [0.717, 1.165) is 21.1 Å². The first-order chi connectivity index (χ1) is 9.15. The van der Waals surface area contributed by atoms with E-state index in [2.05, 4.69) is 43.2 Å². The summed E-state index contributed by atoms with van der Waals surface area (Å²) in [6, 6.07) is 2.67. The zero-order valence-corrected chi connectivity index (χ0v) is 14.7. The summed E-state index contributed by atoms with van der Waals surface area (Å²) in [4.78, 5) is 1.24. The van der Waals surface area contributed by atoms with Crippen LogP contribution < -0.4 is 11.1 Å². The van der Waals surface area contributed by atoms with Crippen molar-refractivity contribution in [3.05, 3.63) is 19.2 Å². The van der Waals surface area contributed by atoms with Gasteiger partial charge in [-0.2, -0.15) is 0 Å². The summed E-state index contributed by atoms with van der Waals surface area (Å²) in [7, 11) is 0.